The average molecular weight is 312 g/mol. The third-order valence-corrected chi connectivity index (χ3v) is 4.34. The molecule has 4 nitrogen and oxygen atoms in total. The van der Waals surface area contributed by atoms with E-state index in [1.807, 2.05) is 19.1 Å². The van der Waals surface area contributed by atoms with Crippen molar-refractivity contribution >= 4 is 17.5 Å². The van der Waals surface area contributed by atoms with Crippen LogP contribution in [0.15, 0.2) is 24.3 Å². The van der Waals surface area contributed by atoms with Crippen molar-refractivity contribution in [2.24, 2.45) is 5.92 Å². The van der Waals surface area contributed by atoms with Gasteiger partial charge in [0.05, 0.1) is 18.1 Å². The minimum absolute atomic E-state index is 0.0940. The molecule has 1 fully saturated rings. The molecule has 0 bridgehead atoms. The topological polar surface area (TPSA) is 58.6 Å². The number of amides is 1. The summed E-state index contributed by atoms with van der Waals surface area (Å²) in [7, 11) is 1.62. The van der Waals surface area contributed by atoms with E-state index >= 15 is 0 Å². The normalized spacial score (nSPS) is 24.6. The molecule has 5 heteroatoms. The van der Waals surface area contributed by atoms with Crippen molar-refractivity contribution in [1.82, 2.24) is 5.32 Å². The summed E-state index contributed by atoms with van der Waals surface area (Å²) in [6.45, 7) is 1.90. The van der Waals surface area contributed by atoms with Crippen LogP contribution in [0.25, 0.3) is 0 Å². The summed E-state index contributed by atoms with van der Waals surface area (Å²) in [5.41, 5.74) is 0.960. The summed E-state index contributed by atoms with van der Waals surface area (Å²) in [6.07, 6.45) is 1.59. The number of nitrogens with one attached hydrogen (secondary N) is 1. The first kappa shape index (κ1) is 16.3. The molecule has 2 N–H and O–H groups in total. The maximum atomic E-state index is 12.2. The van der Waals surface area contributed by atoms with Crippen LogP contribution in [-0.4, -0.2) is 30.3 Å². The van der Waals surface area contributed by atoms with Crippen molar-refractivity contribution in [1.29, 1.82) is 0 Å². The molecule has 1 aromatic rings. The molecule has 1 aliphatic rings. The van der Waals surface area contributed by atoms with E-state index in [4.69, 9.17) is 16.3 Å². The van der Waals surface area contributed by atoms with Gasteiger partial charge in [-0.3, -0.25) is 4.79 Å². The van der Waals surface area contributed by atoms with E-state index in [1.54, 1.807) is 19.2 Å². The summed E-state index contributed by atoms with van der Waals surface area (Å²) in [5.74, 6) is -0.390. The highest BCUT2D eigenvalue weighted by Crippen LogP contribution is 2.27. The van der Waals surface area contributed by atoms with Crippen LogP contribution >= 0.6 is 11.6 Å². The van der Waals surface area contributed by atoms with Crippen molar-refractivity contribution in [3.63, 3.8) is 0 Å². The van der Waals surface area contributed by atoms with Gasteiger partial charge in [-0.05, 0) is 43.9 Å². The number of ether oxygens (including phenoxy) is 1. The molecule has 116 valence electrons. The quantitative estimate of drug-likeness (QED) is 0.879. The van der Waals surface area contributed by atoms with Gasteiger partial charge in [0.2, 0.25) is 5.91 Å². The number of benzene rings is 1. The Bertz CT molecular complexity index is 477. The fraction of sp³-hybridized carbons (Fsp3) is 0.562. The molecule has 0 saturated heterocycles. The Kier molecular flexibility index (Phi) is 5.62. The fourth-order valence-corrected chi connectivity index (χ4v) is 3.06. The Morgan fingerprint density at radius 3 is 2.57 bits per heavy atom. The summed E-state index contributed by atoms with van der Waals surface area (Å²) in [5, 5.41) is 13.4. The molecule has 0 heterocycles. The van der Waals surface area contributed by atoms with E-state index in [9.17, 15) is 9.90 Å². The third kappa shape index (κ3) is 3.96. The number of methoxy groups -OCH3 is 1. The highest BCUT2D eigenvalue weighted by atomic mass is 35.5. The van der Waals surface area contributed by atoms with Crippen LogP contribution in [0.5, 0.6) is 0 Å². The second-order valence-corrected chi connectivity index (χ2v) is 6.05. The van der Waals surface area contributed by atoms with Gasteiger partial charge in [0, 0.05) is 12.1 Å². The molecule has 1 saturated carbocycles. The molecule has 1 amide bonds. The zero-order valence-electron chi connectivity index (χ0n) is 12.4. The molecule has 0 spiro atoms. The number of carbonyl (C=O) groups excluding carboxylic acids is 1. The second-order valence-electron chi connectivity index (χ2n) is 5.61. The number of carbonyl (C=O) groups is 1. The molecule has 4 atom stereocenters. The third-order valence-electron chi connectivity index (χ3n) is 4.09. The predicted molar refractivity (Wildman–Crippen MR) is 82.2 cm³/mol. The lowest BCUT2D eigenvalue weighted by Gasteiger charge is -2.26. The molecule has 2 rings (SSSR count). The first-order valence-corrected chi connectivity index (χ1v) is 7.67. The molecule has 0 aliphatic heterocycles. The Labute approximate surface area is 130 Å². The number of hydrogen-bond acceptors (Lipinski definition) is 3. The van der Waals surface area contributed by atoms with Crippen molar-refractivity contribution in [3.8, 4) is 0 Å². The van der Waals surface area contributed by atoms with Crippen molar-refractivity contribution in [3.05, 3.63) is 34.9 Å². The maximum Gasteiger partial charge on any atom is 0.226 e. The van der Waals surface area contributed by atoms with Gasteiger partial charge in [-0.2, -0.15) is 0 Å². The smallest absolute Gasteiger partial charge is 0.226 e. The van der Waals surface area contributed by atoms with Crippen LogP contribution in [0.1, 0.15) is 37.9 Å². The summed E-state index contributed by atoms with van der Waals surface area (Å²) in [6, 6.07) is 7.21. The van der Waals surface area contributed by atoms with E-state index in [0.29, 0.717) is 11.4 Å². The minimum Gasteiger partial charge on any atom is -0.392 e. The monoisotopic (exact) mass is 311 g/mol. The molecular formula is C16H22ClNO3. The van der Waals surface area contributed by atoms with Gasteiger partial charge >= 0.3 is 0 Å². The van der Waals surface area contributed by atoms with Gasteiger partial charge in [0.15, 0.2) is 0 Å². The summed E-state index contributed by atoms with van der Waals surface area (Å²) < 4.78 is 5.51. The predicted octanol–water partition coefficient (Wildman–Crippen LogP) is 2.69. The van der Waals surface area contributed by atoms with Crippen molar-refractivity contribution < 1.29 is 14.6 Å². The van der Waals surface area contributed by atoms with Crippen molar-refractivity contribution in [2.45, 2.75) is 44.4 Å². The van der Waals surface area contributed by atoms with Gasteiger partial charge in [0.25, 0.3) is 0 Å². The van der Waals surface area contributed by atoms with Gasteiger partial charge in [0.1, 0.15) is 6.10 Å². The lowest BCUT2D eigenvalue weighted by atomic mass is 10.0. The Morgan fingerprint density at radius 1 is 1.38 bits per heavy atom. The minimum atomic E-state index is -0.520. The molecule has 0 aromatic heterocycles. The van der Waals surface area contributed by atoms with Gasteiger partial charge in [-0.1, -0.05) is 23.7 Å². The van der Waals surface area contributed by atoms with Crippen LogP contribution in [0, 0.1) is 5.92 Å². The van der Waals surface area contributed by atoms with E-state index in [0.717, 1.165) is 18.4 Å². The molecule has 21 heavy (non-hydrogen) atoms. The van der Waals surface area contributed by atoms with E-state index in [1.165, 1.54) is 0 Å². The number of rotatable bonds is 5. The maximum absolute atomic E-state index is 12.2. The number of aliphatic hydroxyl groups excluding tert-OH is 1. The zero-order valence-corrected chi connectivity index (χ0v) is 13.1. The van der Waals surface area contributed by atoms with E-state index in [2.05, 4.69) is 5.32 Å². The van der Waals surface area contributed by atoms with Gasteiger partial charge < -0.3 is 15.2 Å². The van der Waals surface area contributed by atoms with Gasteiger partial charge in [-0.15, -0.1) is 0 Å². The molecule has 0 radical (unpaired) electrons. The standard InChI is InChI=1S/C16H22ClNO3/c1-10(18-16(20)13-4-3-5-14(13)19)15(21-2)11-6-8-12(17)9-7-11/h6-10,13-15,19H,3-5H2,1-2H3,(H,18,20). The van der Waals surface area contributed by atoms with Crippen LogP contribution in [0.3, 0.4) is 0 Å². The SMILES string of the molecule is COC(c1ccc(Cl)cc1)C(C)NC(=O)C1CCCC1O. The molecular weight excluding hydrogens is 290 g/mol. The van der Waals surface area contributed by atoms with Crippen molar-refractivity contribution in [2.75, 3.05) is 7.11 Å². The first-order valence-electron chi connectivity index (χ1n) is 7.29. The van der Waals surface area contributed by atoms with E-state index < -0.39 is 6.10 Å². The Hall–Kier alpha value is -1.10. The summed E-state index contributed by atoms with van der Waals surface area (Å²) >= 11 is 5.89. The zero-order chi connectivity index (χ0) is 15.4. The highest BCUT2D eigenvalue weighted by Gasteiger charge is 2.33. The van der Waals surface area contributed by atoms with Crippen LogP contribution in [0.4, 0.5) is 0 Å². The van der Waals surface area contributed by atoms with Crippen LogP contribution in [0.2, 0.25) is 5.02 Å². The molecule has 4 unspecified atom stereocenters. The molecule has 1 aromatic carbocycles. The largest absolute Gasteiger partial charge is 0.392 e. The lowest BCUT2D eigenvalue weighted by Crippen LogP contribution is -2.43. The first-order chi connectivity index (χ1) is 10.0. The number of hydrogen-bond donors (Lipinski definition) is 2. The van der Waals surface area contributed by atoms with Crippen LogP contribution < -0.4 is 5.32 Å². The van der Waals surface area contributed by atoms with Gasteiger partial charge in [-0.25, -0.2) is 0 Å². The Balaban J connectivity index is 2.01. The molecule has 1 aliphatic carbocycles. The summed E-state index contributed by atoms with van der Waals surface area (Å²) in [4.78, 5) is 12.2. The van der Waals surface area contributed by atoms with Crippen LogP contribution in [-0.2, 0) is 9.53 Å². The Morgan fingerprint density at radius 2 is 2.05 bits per heavy atom. The second kappa shape index (κ2) is 7.25. The number of halogens is 1. The highest BCUT2D eigenvalue weighted by molar-refractivity contribution is 6.30. The lowest BCUT2D eigenvalue weighted by molar-refractivity contribution is -0.129. The van der Waals surface area contributed by atoms with E-state index in [-0.39, 0.29) is 24.0 Å². The number of aliphatic hydroxyl groups is 1. The fourth-order valence-electron chi connectivity index (χ4n) is 2.93. The average Bonchev–Trinajstić information content (AvgIpc) is 2.88.